The maximum absolute atomic E-state index is 13.9. The molecule has 0 saturated heterocycles. The van der Waals surface area contributed by atoms with Crippen LogP contribution in [0.3, 0.4) is 0 Å². The topological polar surface area (TPSA) is 171 Å². The number of carbonyl (C=O) groups excluding carboxylic acids is 3. The molecule has 0 bridgehead atoms. The molecule has 0 aliphatic carbocycles. The zero-order valence-corrected chi connectivity index (χ0v) is 37.2. The van der Waals surface area contributed by atoms with Crippen molar-refractivity contribution in [3.05, 3.63) is 165 Å². The van der Waals surface area contributed by atoms with Crippen molar-refractivity contribution in [2.45, 2.75) is 38.8 Å². The number of nitrogens with two attached hydrogens (primary N) is 1. The molecule has 67 heavy (non-hydrogen) atoms. The number of para-hydroxylation sites is 2. The molecule has 17 heteroatoms. The summed E-state index contributed by atoms with van der Waals surface area (Å²) in [5, 5.41) is 12.3. The van der Waals surface area contributed by atoms with Crippen LogP contribution in [-0.4, -0.2) is 51.7 Å². The smallest absolute Gasteiger partial charge is 0.346 e. The number of carboxylic acids is 1. The van der Waals surface area contributed by atoms with Gasteiger partial charge in [-0.1, -0.05) is 36.4 Å². The first-order valence-corrected chi connectivity index (χ1v) is 22.3. The molecule has 6 heterocycles. The summed E-state index contributed by atoms with van der Waals surface area (Å²) >= 11 is 1.96. The van der Waals surface area contributed by atoms with E-state index >= 15 is 0 Å². The summed E-state index contributed by atoms with van der Waals surface area (Å²) < 4.78 is 66.6. The van der Waals surface area contributed by atoms with Crippen LogP contribution in [0, 0.1) is 23.3 Å². The minimum Gasteiger partial charge on any atom is -0.493 e. The van der Waals surface area contributed by atoms with Crippen LogP contribution >= 0.6 is 22.7 Å². The number of carbonyl (C=O) groups is 4. The fraction of sp³-hybridized carbons (Fsp3) is 0.160. The van der Waals surface area contributed by atoms with Gasteiger partial charge in [0, 0.05) is 65.7 Å². The van der Waals surface area contributed by atoms with Crippen LogP contribution in [0.25, 0.3) is 42.7 Å². The molecule has 4 N–H and O–H groups in total. The zero-order valence-electron chi connectivity index (χ0n) is 35.6. The summed E-state index contributed by atoms with van der Waals surface area (Å²) in [6, 6.07) is 24.8. The third-order valence-corrected chi connectivity index (χ3v) is 13.3. The maximum Gasteiger partial charge on any atom is 0.346 e. The van der Waals surface area contributed by atoms with Crippen molar-refractivity contribution in [3.8, 4) is 33.8 Å². The fourth-order valence-electron chi connectivity index (χ4n) is 7.90. The van der Waals surface area contributed by atoms with Crippen LogP contribution < -0.4 is 20.5 Å². The van der Waals surface area contributed by atoms with Gasteiger partial charge in [0.2, 0.25) is 0 Å². The highest BCUT2D eigenvalue weighted by atomic mass is 32.1. The van der Waals surface area contributed by atoms with Gasteiger partial charge in [0.15, 0.2) is 11.6 Å². The molecule has 4 aromatic heterocycles. The van der Waals surface area contributed by atoms with E-state index in [0.717, 1.165) is 76.8 Å². The number of benzene rings is 4. The van der Waals surface area contributed by atoms with E-state index in [0.29, 0.717) is 50.4 Å². The molecule has 4 aromatic carbocycles. The van der Waals surface area contributed by atoms with Gasteiger partial charge in [-0.05, 0) is 73.5 Å². The molecule has 8 aromatic rings. The van der Waals surface area contributed by atoms with Crippen LogP contribution in [0.2, 0.25) is 0 Å². The molecule has 0 spiro atoms. The minimum atomic E-state index is -1.24. The number of nitrogens with one attached hydrogen (secondary N) is 1. The van der Waals surface area contributed by atoms with Crippen molar-refractivity contribution in [1.29, 1.82) is 0 Å². The summed E-state index contributed by atoms with van der Waals surface area (Å²) in [4.78, 5) is 57.5. The first-order valence-electron chi connectivity index (χ1n) is 20.7. The average Bonchev–Trinajstić information content (AvgIpc) is 3.90. The Morgan fingerprint density at radius 2 is 1.09 bits per heavy atom. The van der Waals surface area contributed by atoms with E-state index in [9.17, 15) is 41.8 Å². The number of ether oxygens (including phenoxy) is 2. The number of fused-ring (bicyclic) bond motifs is 4. The maximum atomic E-state index is 13.9. The minimum absolute atomic E-state index is 0.0104. The lowest BCUT2D eigenvalue weighted by molar-refractivity contribution is 0.0697. The van der Waals surface area contributed by atoms with Crippen molar-refractivity contribution in [2.75, 3.05) is 13.2 Å². The summed E-state index contributed by atoms with van der Waals surface area (Å²) in [5.41, 5.74) is 10.1. The van der Waals surface area contributed by atoms with Crippen LogP contribution in [0.4, 0.5) is 17.6 Å². The number of carboxylic acid groups (broad SMARTS) is 1. The number of ketones is 2. The fourth-order valence-corrected chi connectivity index (χ4v) is 10.3. The van der Waals surface area contributed by atoms with Crippen LogP contribution in [0.1, 0.15) is 90.0 Å². The standard InChI is InChI=1S/C25H18F2N2O3S.C16H9F2NO3S.C9H11NO/c1-13(30)21-22-23(17(6-8-28-22)14-10-15(26)12-16(27)11-14)33-24(21)25(31)29-19-7-9-32-20-5-3-2-4-18(19)20;1-7(20)12-13-14(23-15(12)16(21)22)11(2-3-19-13)8-4-9(17)6-10(18)5-8;10-8-5-6-11-9-4-2-1-3-7(8)9/h2-6,8,10-12,19H,7,9H2,1H3,(H,29,31);2-6H,1H3,(H,21,22);1-4,8H,5-6,10H2/t19-;;8-/m0.0/s1. The molecular weight excluding hydrogens is 909 g/mol. The van der Waals surface area contributed by atoms with Crippen molar-refractivity contribution in [1.82, 2.24) is 15.3 Å². The summed E-state index contributed by atoms with van der Waals surface area (Å²) in [5.74, 6) is -3.63. The van der Waals surface area contributed by atoms with Gasteiger partial charge in [-0.15, -0.1) is 22.7 Å². The monoisotopic (exact) mass is 946 g/mol. The Labute approximate surface area is 387 Å². The molecule has 0 radical (unpaired) electrons. The molecule has 0 unspecified atom stereocenters. The Morgan fingerprint density at radius 3 is 1.58 bits per heavy atom. The molecule has 340 valence electrons. The molecule has 0 fully saturated rings. The number of thiophene rings is 2. The van der Waals surface area contributed by atoms with Crippen molar-refractivity contribution in [3.63, 3.8) is 0 Å². The predicted molar refractivity (Wildman–Crippen MR) is 247 cm³/mol. The summed E-state index contributed by atoms with van der Waals surface area (Å²) in [6.45, 7) is 3.84. The van der Waals surface area contributed by atoms with Crippen molar-refractivity contribution < 1.29 is 51.3 Å². The molecule has 2 aliphatic heterocycles. The number of pyridine rings is 2. The van der Waals surface area contributed by atoms with Gasteiger partial charge in [0.1, 0.15) is 44.5 Å². The van der Waals surface area contributed by atoms with E-state index in [-0.39, 0.29) is 49.8 Å². The van der Waals surface area contributed by atoms with Gasteiger partial charge in [-0.3, -0.25) is 24.4 Å². The zero-order chi connectivity index (χ0) is 47.5. The Hall–Kier alpha value is -7.34. The summed E-state index contributed by atoms with van der Waals surface area (Å²) in [7, 11) is 0. The SMILES string of the molecule is CC(=O)c1c(C(=O)N[C@H]2CCOc3ccccc32)sc2c(-c3cc(F)cc(F)c3)ccnc12.CC(=O)c1c(C(=O)O)sc2c(-c3cc(F)cc(F)c3)ccnc12.N[C@H]1CCOc2ccccc21. The number of rotatable bonds is 7. The first-order chi connectivity index (χ1) is 32.2. The van der Waals surface area contributed by atoms with E-state index in [1.807, 2.05) is 48.5 Å². The summed E-state index contributed by atoms with van der Waals surface area (Å²) in [6.07, 6.45) is 4.37. The van der Waals surface area contributed by atoms with Crippen LogP contribution in [0.15, 0.2) is 109 Å². The molecule has 10 rings (SSSR count). The number of nitrogens with zero attached hydrogens (tertiary/aromatic N) is 2. The lowest BCUT2D eigenvalue weighted by Gasteiger charge is -2.26. The second kappa shape index (κ2) is 19.6. The first kappa shape index (κ1) is 46.2. The second-order valence-corrected chi connectivity index (χ2v) is 17.4. The number of amides is 1. The van der Waals surface area contributed by atoms with E-state index in [2.05, 4.69) is 15.3 Å². The highest BCUT2D eigenvalue weighted by Crippen LogP contribution is 2.40. The number of hydrogen-bond donors (Lipinski definition) is 3. The van der Waals surface area contributed by atoms with E-state index in [4.69, 9.17) is 15.2 Å². The van der Waals surface area contributed by atoms with Gasteiger partial charge in [0.25, 0.3) is 5.91 Å². The predicted octanol–water partition coefficient (Wildman–Crippen LogP) is 11.3. The quantitative estimate of drug-likeness (QED) is 0.103. The number of Topliss-reactive ketones (excluding diaryl/α,β-unsaturated/α-hetero) is 2. The van der Waals surface area contributed by atoms with E-state index < -0.39 is 40.9 Å². The van der Waals surface area contributed by atoms with Gasteiger partial charge in [0.05, 0.1) is 50.8 Å². The lowest BCUT2D eigenvalue weighted by Crippen LogP contribution is -2.32. The van der Waals surface area contributed by atoms with Gasteiger partial charge >= 0.3 is 5.97 Å². The highest BCUT2D eigenvalue weighted by molar-refractivity contribution is 7.22. The number of aromatic nitrogens is 2. The number of hydrogen-bond acceptors (Lipinski definition) is 11. The highest BCUT2D eigenvalue weighted by Gasteiger charge is 2.29. The largest absolute Gasteiger partial charge is 0.493 e. The number of aromatic carboxylic acids is 1. The van der Waals surface area contributed by atoms with Crippen LogP contribution in [-0.2, 0) is 0 Å². The molecular formula is C50H38F4N4O7S2. The van der Waals surface area contributed by atoms with Crippen molar-refractivity contribution >= 4 is 66.5 Å². The second-order valence-electron chi connectivity index (χ2n) is 15.4. The Balaban J connectivity index is 0.000000154. The van der Waals surface area contributed by atoms with Crippen LogP contribution in [0.5, 0.6) is 11.5 Å². The molecule has 0 saturated carbocycles. The van der Waals surface area contributed by atoms with Gasteiger partial charge in [-0.25, -0.2) is 22.4 Å². The third kappa shape index (κ3) is 9.79. The number of halogens is 4. The third-order valence-electron chi connectivity index (χ3n) is 10.9. The van der Waals surface area contributed by atoms with Gasteiger partial charge in [-0.2, -0.15) is 0 Å². The van der Waals surface area contributed by atoms with E-state index in [1.54, 1.807) is 6.07 Å². The molecule has 2 aliphatic rings. The normalized spacial score (nSPS) is 14.8. The van der Waals surface area contributed by atoms with Gasteiger partial charge < -0.3 is 25.6 Å². The average molecular weight is 947 g/mol. The van der Waals surface area contributed by atoms with Crippen molar-refractivity contribution in [2.24, 2.45) is 5.73 Å². The molecule has 1 amide bonds. The Kier molecular flexibility index (Phi) is 13.5. The Bertz CT molecular complexity index is 3210. The molecule has 11 nitrogen and oxygen atoms in total. The molecule has 2 atom stereocenters. The Morgan fingerprint density at radius 1 is 0.642 bits per heavy atom. The lowest BCUT2D eigenvalue weighted by atomic mass is 10.00. The van der Waals surface area contributed by atoms with E-state index in [1.165, 1.54) is 44.4 Å².